The zero-order valence-electron chi connectivity index (χ0n) is 13.6. The number of piperidine rings is 1. The summed E-state index contributed by atoms with van der Waals surface area (Å²) in [5.41, 5.74) is 7.26. The number of nitrogens with one attached hydrogen (secondary N) is 1. The summed E-state index contributed by atoms with van der Waals surface area (Å²) in [5.74, 6) is 0.280. The summed E-state index contributed by atoms with van der Waals surface area (Å²) in [7, 11) is 1.90. The van der Waals surface area contributed by atoms with Crippen LogP contribution in [-0.4, -0.2) is 68.6 Å². The third-order valence-electron chi connectivity index (χ3n) is 5.44. The van der Waals surface area contributed by atoms with E-state index in [2.05, 4.69) is 24.8 Å². The molecule has 0 amide bonds. The molecule has 2 aliphatic heterocycles. The van der Waals surface area contributed by atoms with Gasteiger partial charge < -0.3 is 20.7 Å². The molecule has 4 N–H and O–H groups in total. The molecular weight excluding hydrogens is 310 g/mol. The molecule has 2 fully saturated rings. The molecule has 1 unspecified atom stereocenters. The molecule has 2 saturated heterocycles. The van der Waals surface area contributed by atoms with Crippen LogP contribution >= 0.6 is 0 Å². The van der Waals surface area contributed by atoms with Crippen molar-refractivity contribution in [3.05, 3.63) is 6.33 Å². The molecule has 4 rings (SSSR count). The predicted octanol–water partition coefficient (Wildman–Crippen LogP) is 0.310. The highest BCUT2D eigenvalue weighted by molar-refractivity contribution is 5.84. The van der Waals surface area contributed by atoms with Crippen LogP contribution in [0.1, 0.15) is 19.3 Å². The first-order chi connectivity index (χ1) is 11.5. The van der Waals surface area contributed by atoms with Crippen molar-refractivity contribution < 1.29 is 9.90 Å². The fraction of sp³-hybridized carbons (Fsp3) is 0.600. The molecule has 0 bridgehead atoms. The third-order valence-corrected chi connectivity index (χ3v) is 5.44. The first kappa shape index (κ1) is 15.1. The number of likely N-dealkylation sites (tertiary alicyclic amines) is 1. The number of anilines is 2. The van der Waals surface area contributed by atoms with E-state index in [0.717, 1.165) is 50.2 Å². The number of nitrogens with two attached hydrogens (primary N) is 1. The maximum absolute atomic E-state index is 11.4. The van der Waals surface area contributed by atoms with Gasteiger partial charge in [0.1, 0.15) is 11.6 Å². The van der Waals surface area contributed by atoms with Gasteiger partial charge in [0.15, 0.2) is 11.5 Å². The van der Waals surface area contributed by atoms with Gasteiger partial charge in [0, 0.05) is 19.6 Å². The van der Waals surface area contributed by atoms with Gasteiger partial charge in [-0.1, -0.05) is 0 Å². The summed E-state index contributed by atoms with van der Waals surface area (Å²) in [5, 5.41) is 9.36. The Morgan fingerprint density at radius 3 is 2.83 bits per heavy atom. The number of carboxylic acids is 1. The second kappa shape index (κ2) is 5.30. The molecule has 0 aromatic carbocycles. The van der Waals surface area contributed by atoms with Crippen molar-refractivity contribution in [2.45, 2.75) is 25.3 Å². The minimum atomic E-state index is -0.723. The number of aliphatic carboxylic acids is 1. The molecule has 24 heavy (non-hydrogen) atoms. The van der Waals surface area contributed by atoms with Crippen LogP contribution in [0.4, 0.5) is 11.8 Å². The average molecular weight is 331 g/mol. The summed E-state index contributed by atoms with van der Waals surface area (Å²) >= 11 is 0. The Morgan fingerprint density at radius 1 is 1.42 bits per heavy atom. The number of rotatable bonds is 2. The van der Waals surface area contributed by atoms with E-state index in [4.69, 9.17) is 5.73 Å². The Labute approximate surface area is 138 Å². The zero-order valence-corrected chi connectivity index (χ0v) is 13.6. The smallest absolute Gasteiger partial charge is 0.320 e. The van der Waals surface area contributed by atoms with Crippen molar-refractivity contribution in [1.82, 2.24) is 24.8 Å². The second-order valence-electron chi connectivity index (χ2n) is 6.97. The number of aromatic amines is 1. The maximum Gasteiger partial charge on any atom is 0.320 e. The summed E-state index contributed by atoms with van der Waals surface area (Å²) < 4.78 is 0. The molecule has 2 aromatic rings. The molecule has 1 spiro atoms. The summed E-state index contributed by atoms with van der Waals surface area (Å²) in [6.07, 6.45) is 4.20. The Hall–Kier alpha value is -2.42. The van der Waals surface area contributed by atoms with Crippen LogP contribution in [0.25, 0.3) is 11.2 Å². The summed E-state index contributed by atoms with van der Waals surface area (Å²) in [6, 6.07) is -0.370. The highest BCUT2D eigenvalue weighted by Crippen LogP contribution is 2.43. The Balaban J connectivity index is 1.54. The lowest BCUT2D eigenvalue weighted by Gasteiger charge is -2.39. The Bertz CT molecular complexity index is 781. The van der Waals surface area contributed by atoms with E-state index in [-0.39, 0.29) is 17.4 Å². The van der Waals surface area contributed by atoms with E-state index in [9.17, 15) is 9.90 Å². The lowest BCUT2D eigenvalue weighted by atomic mass is 9.76. The largest absolute Gasteiger partial charge is 0.480 e. The van der Waals surface area contributed by atoms with Crippen LogP contribution in [0.5, 0.6) is 0 Å². The number of carbonyl (C=O) groups is 1. The number of likely N-dealkylation sites (N-methyl/N-ethyl adjacent to an activating group) is 1. The number of H-pyrrole nitrogens is 1. The highest BCUT2D eigenvalue weighted by Gasteiger charge is 2.47. The van der Waals surface area contributed by atoms with Crippen LogP contribution in [0.3, 0.4) is 0 Å². The number of carboxylic acid groups (broad SMARTS) is 1. The van der Waals surface area contributed by atoms with Gasteiger partial charge in [-0.15, -0.1) is 0 Å². The predicted molar refractivity (Wildman–Crippen MR) is 88.6 cm³/mol. The molecular formula is C15H21N7O2. The van der Waals surface area contributed by atoms with E-state index in [1.807, 2.05) is 11.9 Å². The zero-order chi connectivity index (χ0) is 16.9. The fourth-order valence-electron chi connectivity index (χ4n) is 4.16. The Morgan fingerprint density at radius 2 is 2.17 bits per heavy atom. The van der Waals surface area contributed by atoms with E-state index >= 15 is 0 Å². The number of hydrogen-bond acceptors (Lipinski definition) is 7. The molecule has 0 saturated carbocycles. The third kappa shape index (κ3) is 2.35. The summed E-state index contributed by atoms with van der Waals surface area (Å²) in [4.78, 5) is 31.3. The van der Waals surface area contributed by atoms with Gasteiger partial charge in [0.25, 0.3) is 0 Å². The lowest BCUT2D eigenvalue weighted by molar-refractivity contribution is -0.141. The van der Waals surface area contributed by atoms with Gasteiger partial charge in [-0.2, -0.15) is 9.97 Å². The van der Waals surface area contributed by atoms with Gasteiger partial charge >= 0.3 is 5.97 Å². The van der Waals surface area contributed by atoms with Crippen LogP contribution in [0.15, 0.2) is 6.33 Å². The minimum absolute atomic E-state index is 0.0833. The van der Waals surface area contributed by atoms with Gasteiger partial charge in [0.05, 0.1) is 6.33 Å². The first-order valence-corrected chi connectivity index (χ1v) is 8.12. The average Bonchev–Trinajstić information content (AvgIpc) is 3.12. The van der Waals surface area contributed by atoms with Crippen molar-refractivity contribution in [1.29, 1.82) is 0 Å². The summed E-state index contributed by atoms with van der Waals surface area (Å²) in [6.45, 7) is 2.48. The molecule has 0 aliphatic carbocycles. The fourth-order valence-corrected chi connectivity index (χ4v) is 4.16. The van der Waals surface area contributed by atoms with Gasteiger partial charge in [-0.25, -0.2) is 4.98 Å². The molecule has 128 valence electrons. The normalized spacial score (nSPS) is 24.0. The minimum Gasteiger partial charge on any atom is -0.480 e. The van der Waals surface area contributed by atoms with Crippen molar-refractivity contribution in [3.8, 4) is 0 Å². The van der Waals surface area contributed by atoms with Crippen LogP contribution in [0, 0.1) is 5.41 Å². The molecule has 1 atom stereocenters. The van der Waals surface area contributed by atoms with Crippen LogP contribution < -0.4 is 10.6 Å². The SMILES string of the molecule is CN1CC2(CCN(c3nc(N)nc4nc[nH]c34)CC2)CC1C(=O)O. The van der Waals surface area contributed by atoms with Crippen molar-refractivity contribution >= 4 is 28.9 Å². The van der Waals surface area contributed by atoms with Crippen molar-refractivity contribution in [2.75, 3.05) is 37.3 Å². The number of hydrogen-bond donors (Lipinski definition) is 3. The molecule has 4 heterocycles. The molecule has 2 aliphatic rings. The number of nitrogen functional groups attached to an aromatic ring is 1. The quantitative estimate of drug-likeness (QED) is 0.718. The van der Waals surface area contributed by atoms with E-state index < -0.39 is 5.97 Å². The van der Waals surface area contributed by atoms with Gasteiger partial charge in [-0.3, -0.25) is 9.69 Å². The maximum atomic E-state index is 11.4. The Kier molecular flexibility index (Phi) is 3.34. The lowest BCUT2D eigenvalue weighted by Crippen LogP contribution is -2.41. The standard InChI is InChI=1S/C15H21N7O2/c1-21-7-15(6-9(21)13(23)24)2-4-22(5-3-15)12-10-11(18-8-17-10)19-14(16)20-12/h8-9H,2-7H2,1H3,(H,23,24)(H3,16,17,18,19,20). The van der Waals surface area contributed by atoms with E-state index in [0.29, 0.717) is 5.65 Å². The monoisotopic (exact) mass is 331 g/mol. The number of fused-ring (bicyclic) bond motifs is 1. The van der Waals surface area contributed by atoms with Crippen LogP contribution in [0.2, 0.25) is 0 Å². The molecule has 0 radical (unpaired) electrons. The topological polar surface area (TPSA) is 124 Å². The second-order valence-corrected chi connectivity index (χ2v) is 6.97. The molecule has 9 heteroatoms. The van der Waals surface area contributed by atoms with Crippen molar-refractivity contribution in [3.63, 3.8) is 0 Å². The molecule has 2 aromatic heterocycles. The number of aromatic nitrogens is 4. The molecule has 9 nitrogen and oxygen atoms in total. The van der Waals surface area contributed by atoms with Crippen molar-refractivity contribution in [2.24, 2.45) is 5.41 Å². The number of nitrogens with zero attached hydrogens (tertiary/aromatic N) is 5. The van der Waals surface area contributed by atoms with E-state index in [1.165, 1.54) is 0 Å². The van der Waals surface area contributed by atoms with Gasteiger partial charge in [-0.05, 0) is 31.7 Å². The van der Waals surface area contributed by atoms with Gasteiger partial charge in [0.2, 0.25) is 5.95 Å². The first-order valence-electron chi connectivity index (χ1n) is 8.12. The highest BCUT2D eigenvalue weighted by atomic mass is 16.4. The van der Waals surface area contributed by atoms with Crippen LogP contribution in [-0.2, 0) is 4.79 Å². The number of imidazole rings is 1. The van der Waals surface area contributed by atoms with E-state index in [1.54, 1.807) is 6.33 Å².